The van der Waals surface area contributed by atoms with Gasteiger partial charge in [-0.05, 0) is 24.6 Å². The van der Waals surface area contributed by atoms with Crippen molar-refractivity contribution in [2.45, 2.75) is 6.42 Å². The van der Waals surface area contributed by atoms with Gasteiger partial charge in [0.2, 0.25) is 10.0 Å². The summed E-state index contributed by atoms with van der Waals surface area (Å²) in [6.07, 6.45) is 2.08. The van der Waals surface area contributed by atoms with Gasteiger partial charge in [-0.2, -0.15) is 9.40 Å². The Morgan fingerprint density at radius 2 is 1.83 bits per heavy atom. The molecule has 1 saturated heterocycles. The third kappa shape index (κ3) is 4.44. The highest BCUT2D eigenvalue weighted by atomic mass is 32.2. The van der Waals surface area contributed by atoms with E-state index < -0.39 is 10.0 Å². The molecule has 10 heteroatoms. The van der Waals surface area contributed by atoms with Crippen molar-refractivity contribution >= 4 is 32.7 Å². The zero-order valence-electron chi connectivity index (χ0n) is 16.5. The minimum atomic E-state index is -3.36. The lowest BCUT2D eigenvalue weighted by molar-refractivity contribution is 0.0950. The number of H-pyrrole nitrogens is 1. The Hall–Kier alpha value is -2.98. The molecule has 0 spiro atoms. The van der Waals surface area contributed by atoms with E-state index in [2.05, 4.69) is 25.4 Å². The number of rotatable bonds is 7. The molecule has 3 aromatic rings. The number of aromatic amines is 1. The zero-order chi connectivity index (χ0) is 21.0. The first-order valence-electron chi connectivity index (χ1n) is 9.90. The number of carbonyl (C=O) groups excluding carboxylic acids is 1. The Morgan fingerprint density at radius 1 is 1.07 bits per heavy atom. The fraction of sp³-hybridized carbons (Fsp3) is 0.350. The average molecular weight is 429 g/mol. The lowest BCUT2D eigenvalue weighted by Gasteiger charge is -2.34. The van der Waals surface area contributed by atoms with Gasteiger partial charge in [0.05, 0.1) is 11.3 Å². The number of hydrogen-bond donors (Lipinski definition) is 2. The van der Waals surface area contributed by atoms with Gasteiger partial charge < -0.3 is 10.2 Å². The molecule has 2 aromatic heterocycles. The van der Waals surface area contributed by atoms with Crippen LogP contribution in [-0.4, -0.2) is 72.3 Å². The zero-order valence-corrected chi connectivity index (χ0v) is 17.3. The molecule has 158 valence electrons. The minimum Gasteiger partial charge on any atom is -0.354 e. The predicted octanol–water partition coefficient (Wildman–Crippen LogP) is 1.23. The lowest BCUT2D eigenvalue weighted by atomic mass is 10.2. The molecule has 0 unspecified atom stereocenters. The van der Waals surface area contributed by atoms with Crippen LogP contribution >= 0.6 is 0 Å². The SMILES string of the molecule is O=C(NCCCS(=O)(=O)N1CCN(c2ccccn2)CC1)c1n[nH]c2ccccc12. The smallest absolute Gasteiger partial charge is 0.272 e. The van der Waals surface area contributed by atoms with Crippen molar-refractivity contribution < 1.29 is 13.2 Å². The molecule has 1 aliphatic heterocycles. The summed E-state index contributed by atoms with van der Waals surface area (Å²) in [7, 11) is -3.36. The van der Waals surface area contributed by atoms with Crippen LogP contribution in [-0.2, 0) is 10.0 Å². The van der Waals surface area contributed by atoms with Crippen molar-refractivity contribution in [3.63, 3.8) is 0 Å². The van der Waals surface area contributed by atoms with E-state index >= 15 is 0 Å². The number of para-hydroxylation sites is 1. The molecule has 0 atom stereocenters. The maximum Gasteiger partial charge on any atom is 0.272 e. The fourth-order valence-corrected chi connectivity index (χ4v) is 5.03. The Morgan fingerprint density at radius 3 is 2.60 bits per heavy atom. The highest BCUT2D eigenvalue weighted by Gasteiger charge is 2.27. The number of carbonyl (C=O) groups is 1. The second kappa shape index (κ2) is 8.80. The van der Waals surface area contributed by atoms with E-state index in [9.17, 15) is 13.2 Å². The van der Waals surface area contributed by atoms with E-state index in [-0.39, 0.29) is 18.2 Å². The van der Waals surface area contributed by atoms with Crippen molar-refractivity contribution in [2.75, 3.05) is 43.4 Å². The number of sulfonamides is 1. The summed E-state index contributed by atoms with van der Waals surface area (Å²) in [5.41, 5.74) is 1.11. The molecular weight excluding hydrogens is 404 g/mol. The third-order valence-electron chi connectivity index (χ3n) is 5.16. The molecule has 9 nitrogen and oxygen atoms in total. The molecule has 2 N–H and O–H groups in total. The van der Waals surface area contributed by atoms with E-state index in [1.807, 2.05) is 42.5 Å². The fourth-order valence-electron chi connectivity index (χ4n) is 3.54. The summed E-state index contributed by atoms with van der Waals surface area (Å²) in [6.45, 7) is 2.36. The number of pyridine rings is 1. The maximum absolute atomic E-state index is 12.6. The summed E-state index contributed by atoms with van der Waals surface area (Å²) >= 11 is 0. The molecule has 30 heavy (non-hydrogen) atoms. The Bertz CT molecular complexity index is 1110. The second-order valence-corrected chi connectivity index (χ2v) is 9.21. The monoisotopic (exact) mass is 428 g/mol. The van der Waals surface area contributed by atoms with Gasteiger partial charge >= 0.3 is 0 Å². The van der Waals surface area contributed by atoms with Gasteiger partial charge in [0, 0.05) is 44.3 Å². The Kier molecular flexibility index (Phi) is 5.96. The summed E-state index contributed by atoms with van der Waals surface area (Å²) in [4.78, 5) is 18.8. The van der Waals surface area contributed by atoms with Crippen LogP contribution in [0.5, 0.6) is 0 Å². The first-order valence-corrected chi connectivity index (χ1v) is 11.5. The van der Waals surface area contributed by atoms with Gasteiger partial charge in [-0.25, -0.2) is 13.4 Å². The number of amides is 1. The molecule has 0 saturated carbocycles. The summed E-state index contributed by atoms with van der Waals surface area (Å²) in [5, 5.41) is 10.4. The van der Waals surface area contributed by atoms with Crippen LogP contribution in [0.1, 0.15) is 16.9 Å². The minimum absolute atomic E-state index is 0.00181. The van der Waals surface area contributed by atoms with Crippen LogP contribution in [0.2, 0.25) is 0 Å². The van der Waals surface area contributed by atoms with Gasteiger partial charge in [-0.1, -0.05) is 24.3 Å². The van der Waals surface area contributed by atoms with Crippen LogP contribution in [0.4, 0.5) is 5.82 Å². The van der Waals surface area contributed by atoms with Crippen LogP contribution in [0.25, 0.3) is 10.9 Å². The van der Waals surface area contributed by atoms with E-state index in [4.69, 9.17) is 0 Å². The first kappa shape index (κ1) is 20.3. The van der Waals surface area contributed by atoms with Gasteiger partial charge in [0.25, 0.3) is 5.91 Å². The van der Waals surface area contributed by atoms with E-state index in [0.29, 0.717) is 38.3 Å². The van der Waals surface area contributed by atoms with Gasteiger partial charge in [0.1, 0.15) is 5.82 Å². The Balaban J connectivity index is 1.24. The van der Waals surface area contributed by atoms with E-state index in [0.717, 1.165) is 16.7 Å². The number of nitrogens with one attached hydrogen (secondary N) is 2. The van der Waals surface area contributed by atoms with Gasteiger partial charge in [-0.3, -0.25) is 9.89 Å². The molecule has 3 heterocycles. The number of benzene rings is 1. The van der Waals surface area contributed by atoms with Gasteiger partial charge in [-0.15, -0.1) is 0 Å². The van der Waals surface area contributed by atoms with E-state index in [1.165, 1.54) is 4.31 Å². The number of anilines is 1. The van der Waals surface area contributed by atoms with Crippen molar-refractivity contribution in [1.29, 1.82) is 0 Å². The molecule has 0 bridgehead atoms. The van der Waals surface area contributed by atoms with Crippen LogP contribution in [0.15, 0.2) is 48.7 Å². The molecule has 1 fully saturated rings. The van der Waals surface area contributed by atoms with Crippen molar-refractivity contribution in [1.82, 2.24) is 24.8 Å². The molecule has 4 rings (SSSR count). The second-order valence-electron chi connectivity index (χ2n) is 7.12. The van der Waals surface area contributed by atoms with Crippen LogP contribution < -0.4 is 10.2 Å². The number of piperazine rings is 1. The predicted molar refractivity (Wildman–Crippen MR) is 115 cm³/mol. The summed E-state index contributed by atoms with van der Waals surface area (Å²) < 4.78 is 26.8. The molecule has 0 aliphatic carbocycles. The normalized spacial score (nSPS) is 15.4. The molecule has 1 amide bonds. The van der Waals surface area contributed by atoms with Crippen LogP contribution in [0.3, 0.4) is 0 Å². The quantitative estimate of drug-likeness (QED) is 0.548. The average Bonchev–Trinajstić information content (AvgIpc) is 3.22. The van der Waals surface area contributed by atoms with Crippen molar-refractivity contribution in [3.05, 3.63) is 54.4 Å². The number of nitrogens with zero attached hydrogens (tertiary/aromatic N) is 4. The van der Waals surface area contributed by atoms with E-state index in [1.54, 1.807) is 6.20 Å². The first-order chi connectivity index (χ1) is 14.5. The number of fused-ring (bicyclic) bond motifs is 1. The molecule has 1 aromatic carbocycles. The summed E-state index contributed by atoms with van der Waals surface area (Å²) in [6, 6.07) is 13.1. The topological polar surface area (TPSA) is 111 Å². The highest BCUT2D eigenvalue weighted by molar-refractivity contribution is 7.89. The van der Waals surface area contributed by atoms with Gasteiger partial charge in [0.15, 0.2) is 5.69 Å². The Labute approximate surface area is 175 Å². The third-order valence-corrected chi connectivity index (χ3v) is 7.11. The van der Waals surface area contributed by atoms with Crippen molar-refractivity contribution in [2.24, 2.45) is 0 Å². The molecular formula is C20H24N6O3S. The summed E-state index contributed by atoms with van der Waals surface area (Å²) in [5.74, 6) is 0.551. The maximum atomic E-state index is 12.6. The largest absolute Gasteiger partial charge is 0.354 e. The van der Waals surface area contributed by atoms with Crippen LogP contribution in [0, 0.1) is 0 Å². The lowest BCUT2D eigenvalue weighted by Crippen LogP contribution is -2.49. The molecule has 0 radical (unpaired) electrons. The molecule has 1 aliphatic rings. The van der Waals surface area contributed by atoms with Crippen molar-refractivity contribution in [3.8, 4) is 0 Å². The standard InChI is InChI=1S/C20H24N6O3S/c27-20(19-16-6-1-2-7-17(16)23-24-19)22-10-5-15-30(28,29)26-13-11-25(12-14-26)18-8-3-4-9-21-18/h1-4,6-9H,5,10-15H2,(H,22,27)(H,23,24). The highest BCUT2D eigenvalue weighted by Crippen LogP contribution is 2.16. The number of aromatic nitrogens is 3. The number of hydrogen-bond acceptors (Lipinski definition) is 6.